The fraction of sp³-hybridized carbons (Fsp3) is 0.467. The number of anilines is 1. The molecule has 2 aromatic heterocycles. The fourth-order valence-corrected chi connectivity index (χ4v) is 2.79. The first-order valence-corrected chi connectivity index (χ1v) is 7.65. The van der Waals surface area contributed by atoms with E-state index in [-0.39, 0.29) is 11.9 Å². The molecule has 0 spiro atoms. The molecule has 122 valence electrons. The third kappa shape index (κ3) is 3.10. The molecule has 1 saturated heterocycles. The number of hydrogen-bond acceptors (Lipinski definition) is 6. The average Bonchev–Trinajstić information content (AvgIpc) is 3.23. The monoisotopic (exact) mass is 316 g/mol. The first-order valence-electron chi connectivity index (χ1n) is 7.65. The molecular weight excluding hydrogens is 296 g/mol. The molecule has 8 nitrogen and oxygen atoms in total. The van der Waals surface area contributed by atoms with E-state index in [9.17, 15) is 4.79 Å². The highest BCUT2D eigenvalue weighted by Crippen LogP contribution is 2.25. The lowest BCUT2D eigenvalue weighted by atomic mass is 10.2. The van der Waals surface area contributed by atoms with Crippen molar-refractivity contribution in [3.63, 3.8) is 0 Å². The Morgan fingerprint density at radius 1 is 1.39 bits per heavy atom. The summed E-state index contributed by atoms with van der Waals surface area (Å²) in [5.74, 6) is 1.12. The van der Waals surface area contributed by atoms with Crippen LogP contribution >= 0.6 is 0 Å². The summed E-state index contributed by atoms with van der Waals surface area (Å²) in [4.78, 5) is 22.9. The van der Waals surface area contributed by atoms with E-state index in [1.54, 1.807) is 36.4 Å². The SMILES string of the molecule is CCn1nccc1C(=O)NC1CCN(c2nccnc2OC)C1. The summed E-state index contributed by atoms with van der Waals surface area (Å²) in [7, 11) is 1.58. The fourth-order valence-electron chi connectivity index (χ4n) is 2.79. The number of carbonyl (C=O) groups is 1. The van der Waals surface area contributed by atoms with Gasteiger partial charge in [0.05, 0.1) is 7.11 Å². The summed E-state index contributed by atoms with van der Waals surface area (Å²) in [6.45, 7) is 4.11. The van der Waals surface area contributed by atoms with Crippen LogP contribution in [0.4, 0.5) is 5.82 Å². The van der Waals surface area contributed by atoms with Crippen LogP contribution in [0.25, 0.3) is 0 Å². The van der Waals surface area contributed by atoms with Crippen LogP contribution in [0.15, 0.2) is 24.7 Å². The predicted molar refractivity (Wildman–Crippen MR) is 84.6 cm³/mol. The number of rotatable bonds is 5. The highest BCUT2D eigenvalue weighted by Gasteiger charge is 2.28. The first-order chi connectivity index (χ1) is 11.2. The van der Waals surface area contributed by atoms with Crippen LogP contribution in [-0.4, -0.2) is 51.9 Å². The highest BCUT2D eigenvalue weighted by molar-refractivity contribution is 5.92. The Morgan fingerprint density at radius 2 is 2.22 bits per heavy atom. The van der Waals surface area contributed by atoms with Crippen molar-refractivity contribution in [2.24, 2.45) is 0 Å². The van der Waals surface area contributed by atoms with Gasteiger partial charge in [0, 0.05) is 44.3 Å². The van der Waals surface area contributed by atoms with Gasteiger partial charge in [-0.3, -0.25) is 9.48 Å². The molecule has 1 N–H and O–H groups in total. The van der Waals surface area contributed by atoms with Crippen LogP contribution in [-0.2, 0) is 6.54 Å². The van der Waals surface area contributed by atoms with Gasteiger partial charge in [-0.1, -0.05) is 0 Å². The maximum absolute atomic E-state index is 12.4. The molecule has 1 fully saturated rings. The zero-order valence-corrected chi connectivity index (χ0v) is 13.3. The van der Waals surface area contributed by atoms with Gasteiger partial charge in [0.2, 0.25) is 0 Å². The second-order valence-electron chi connectivity index (χ2n) is 5.33. The summed E-state index contributed by atoms with van der Waals surface area (Å²) in [6, 6.07) is 1.80. The minimum atomic E-state index is -0.0951. The molecule has 1 aliphatic rings. The molecule has 23 heavy (non-hydrogen) atoms. The summed E-state index contributed by atoms with van der Waals surface area (Å²) in [6.07, 6.45) is 5.74. The molecule has 0 aliphatic carbocycles. The van der Waals surface area contributed by atoms with Gasteiger partial charge in [0.25, 0.3) is 11.8 Å². The summed E-state index contributed by atoms with van der Waals surface area (Å²) in [5, 5.41) is 7.19. The number of aromatic nitrogens is 4. The molecule has 3 rings (SSSR count). The highest BCUT2D eigenvalue weighted by atomic mass is 16.5. The Bertz CT molecular complexity index is 686. The predicted octanol–water partition coefficient (Wildman–Crippen LogP) is 0.710. The molecule has 0 saturated carbocycles. The standard InChI is InChI=1S/C15H20N6O2/c1-3-21-12(4-6-18-21)14(22)19-11-5-9-20(10-11)13-15(23-2)17-8-7-16-13/h4,6-8,11H,3,5,9-10H2,1-2H3,(H,19,22). The van der Waals surface area contributed by atoms with Crippen molar-refractivity contribution >= 4 is 11.7 Å². The minimum absolute atomic E-state index is 0.0643. The van der Waals surface area contributed by atoms with Crippen LogP contribution in [0.3, 0.4) is 0 Å². The first kappa shape index (κ1) is 15.3. The second kappa shape index (κ2) is 6.64. The number of nitrogens with one attached hydrogen (secondary N) is 1. The molecule has 1 aliphatic heterocycles. The van der Waals surface area contributed by atoms with Crippen molar-refractivity contribution in [3.8, 4) is 5.88 Å². The normalized spacial score (nSPS) is 17.3. The molecule has 2 aromatic rings. The Balaban J connectivity index is 1.65. The van der Waals surface area contributed by atoms with Gasteiger partial charge in [0.15, 0.2) is 5.82 Å². The third-order valence-corrected chi connectivity index (χ3v) is 3.91. The number of aryl methyl sites for hydroxylation is 1. The summed E-state index contributed by atoms with van der Waals surface area (Å²) in [5.41, 5.74) is 0.586. The Morgan fingerprint density at radius 3 is 3.00 bits per heavy atom. The van der Waals surface area contributed by atoms with Crippen LogP contribution in [0.5, 0.6) is 5.88 Å². The van der Waals surface area contributed by atoms with Crippen molar-refractivity contribution in [3.05, 3.63) is 30.4 Å². The van der Waals surface area contributed by atoms with Gasteiger partial charge in [-0.05, 0) is 19.4 Å². The van der Waals surface area contributed by atoms with Gasteiger partial charge < -0.3 is 15.0 Å². The lowest BCUT2D eigenvalue weighted by molar-refractivity contribution is 0.0929. The van der Waals surface area contributed by atoms with Crippen molar-refractivity contribution in [1.82, 2.24) is 25.1 Å². The van der Waals surface area contributed by atoms with Crippen LogP contribution in [0.1, 0.15) is 23.8 Å². The zero-order chi connectivity index (χ0) is 16.2. The molecule has 0 bridgehead atoms. The molecule has 1 unspecified atom stereocenters. The number of nitrogens with zero attached hydrogens (tertiary/aromatic N) is 5. The number of carbonyl (C=O) groups excluding carboxylic acids is 1. The van der Waals surface area contributed by atoms with Crippen molar-refractivity contribution < 1.29 is 9.53 Å². The number of ether oxygens (including phenoxy) is 1. The molecule has 0 aromatic carbocycles. The third-order valence-electron chi connectivity index (χ3n) is 3.91. The van der Waals surface area contributed by atoms with Gasteiger partial charge in [-0.15, -0.1) is 0 Å². The van der Waals surface area contributed by atoms with E-state index in [1.807, 2.05) is 6.92 Å². The number of methoxy groups -OCH3 is 1. The Kier molecular flexibility index (Phi) is 4.40. The molecule has 1 amide bonds. The molecule has 1 atom stereocenters. The van der Waals surface area contributed by atoms with E-state index in [0.717, 1.165) is 13.0 Å². The van der Waals surface area contributed by atoms with E-state index in [2.05, 4.69) is 25.3 Å². The lowest BCUT2D eigenvalue weighted by Gasteiger charge is -2.19. The topological polar surface area (TPSA) is 85.2 Å². The smallest absolute Gasteiger partial charge is 0.269 e. The van der Waals surface area contributed by atoms with E-state index < -0.39 is 0 Å². The van der Waals surface area contributed by atoms with E-state index in [0.29, 0.717) is 30.5 Å². The maximum Gasteiger partial charge on any atom is 0.269 e. The van der Waals surface area contributed by atoms with E-state index in [4.69, 9.17) is 4.74 Å². The van der Waals surface area contributed by atoms with Gasteiger partial charge in [-0.2, -0.15) is 5.10 Å². The van der Waals surface area contributed by atoms with Crippen LogP contribution in [0, 0.1) is 0 Å². The average molecular weight is 316 g/mol. The summed E-state index contributed by atoms with van der Waals surface area (Å²) < 4.78 is 6.94. The van der Waals surface area contributed by atoms with Crippen LogP contribution in [0.2, 0.25) is 0 Å². The van der Waals surface area contributed by atoms with Gasteiger partial charge in [0.1, 0.15) is 5.69 Å². The Hall–Kier alpha value is -2.64. The number of amides is 1. The van der Waals surface area contributed by atoms with E-state index >= 15 is 0 Å². The quantitative estimate of drug-likeness (QED) is 0.874. The van der Waals surface area contributed by atoms with E-state index in [1.165, 1.54) is 0 Å². The molecule has 0 radical (unpaired) electrons. The number of hydrogen-bond donors (Lipinski definition) is 1. The van der Waals surface area contributed by atoms with Crippen molar-refractivity contribution in [2.75, 3.05) is 25.1 Å². The van der Waals surface area contributed by atoms with Gasteiger partial charge in [-0.25, -0.2) is 9.97 Å². The maximum atomic E-state index is 12.4. The van der Waals surface area contributed by atoms with Gasteiger partial charge >= 0.3 is 0 Å². The largest absolute Gasteiger partial charge is 0.478 e. The molecule has 3 heterocycles. The zero-order valence-electron chi connectivity index (χ0n) is 13.3. The molecule has 8 heteroatoms. The van der Waals surface area contributed by atoms with Crippen molar-refractivity contribution in [2.45, 2.75) is 25.9 Å². The minimum Gasteiger partial charge on any atom is -0.478 e. The lowest BCUT2D eigenvalue weighted by Crippen LogP contribution is -2.38. The van der Waals surface area contributed by atoms with Crippen molar-refractivity contribution in [1.29, 1.82) is 0 Å². The van der Waals surface area contributed by atoms with Crippen LogP contribution < -0.4 is 15.0 Å². The second-order valence-corrected chi connectivity index (χ2v) is 5.33. The summed E-state index contributed by atoms with van der Waals surface area (Å²) >= 11 is 0. The Labute approximate surface area is 134 Å². The molecular formula is C15H20N6O2.